The summed E-state index contributed by atoms with van der Waals surface area (Å²) in [5.41, 5.74) is 5.88. The standard InChI is InChI=1S/C22H28Cl2N2O2S/c1-14-15(2)17(4)22(18(5)16(14)3)29(27,28)26-11-9-25(10-12-26)13-19-20(23)7-6-8-21(19)24/h6-8H,9-13H2,1-5H3. The summed E-state index contributed by atoms with van der Waals surface area (Å²) in [5.74, 6) is 0. The van der Waals surface area contributed by atoms with Gasteiger partial charge in [-0.15, -0.1) is 0 Å². The number of benzene rings is 2. The fraction of sp³-hybridized carbons (Fsp3) is 0.455. The Morgan fingerprint density at radius 1 is 0.793 bits per heavy atom. The van der Waals surface area contributed by atoms with Crippen molar-refractivity contribution < 1.29 is 8.42 Å². The van der Waals surface area contributed by atoms with E-state index in [1.54, 1.807) is 4.31 Å². The van der Waals surface area contributed by atoms with Crippen LogP contribution in [0.3, 0.4) is 0 Å². The largest absolute Gasteiger partial charge is 0.296 e. The summed E-state index contributed by atoms with van der Waals surface area (Å²) in [7, 11) is -3.54. The van der Waals surface area contributed by atoms with Gasteiger partial charge in [0.15, 0.2) is 0 Å². The Labute approximate surface area is 184 Å². The molecule has 1 saturated heterocycles. The molecule has 1 fully saturated rings. The maximum absolute atomic E-state index is 13.5. The molecule has 0 aromatic heterocycles. The maximum atomic E-state index is 13.5. The van der Waals surface area contributed by atoms with E-state index in [0.29, 0.717) is 47.7 Å². The second kappa shape index (κ2) is 8.56. The zero-order valence-electron chi connectivity index (χ0n) is 17.6. The van der Waals surface area contributed by atoms with Crippen molar-refractivity contribution in [3.8, 4) is 0 Å². The predicted octanol–water partition coefficient (Wildman–Crippen LogP) is 5.04. The molecule has 2 aromatic carbocycles. The molecule has 0 spiro atoms. The molecule has 1 heterocycles. The Bertz CT molecular complexity index is 994. The van der Waals surface area contributed by atoms with Gasteiger partial charge in [-0.1, -0.05) is 29.3 Å². The third kappa shape index (κ3) is 4.21. The normalized spacial score (nSPS) is 16.4. The molecule has 4 nitrogen and oxygen atoms in total. The molecule has 0 amide bonds. The topological polar surface area (TPSA) is 40.6 Å². The summed E-state index contributed by atoms with van der Waals surface area (Å²) < 4.78 is 28.6. The minimum Gasteiger partial charge on any atom is -0.296 e. The minimum atomic E-state index is -3.54. The minimum absolute atomic E-state index is 0.454. The lowest BCUT2D eigenvalue weighted by atomic mass is 9.95. The molecule has 29 heavy (non-hydrogen) atoms. The van der Waals surface area contributed by atoms with Gasteiger partial charge in [0.2, 0.25) is 10.0 Å². The second-order valence-electron chi connectivity index (χ2n) is 7.83. The van der Waals surface area contributed by atoms with Crippen molar-refractivity contribution in [1.82, 2.24) is 9.21 Å². The van der Waals surface area contributed by atoms with Crippen LogP contribution in [0.15, 0.2) is 23.1 Å². The van der Waals surface area contributed by atoms with Gasteiger partial charge in [-0.2, -0.15) is 4.31 Å². The Morgan fingerprint density at radius 2 is 1.24 bits per heavy atom. The molecule has 0 N–H and O–H groups in total. The first-order valence-corrected chi connectivity index (χ1v) is 12.0. The summed E-state index contributed by atoms with van der Waals surface area (Å²) in [4.78, 5) is 2.67. The number of sulfonamides is 1. The average molecular weight is 455 g/mol. The molecule has 2 aromatic rings. The van der Waals surface area contributed by atoms with Crippen LogP contribution in [0.2, 0.25) is 10.0 Å². The van der Waals surface area contributed by atoms with Gasteiger partial charge in [-0.25, -0.2) is 8.42 Å². The quantitative estimate of drug-likeness (QED) is 0.649. The summed E-state index contributed by atoms with van der Waals surface area (Å²) >= 11 is 12.6. The van der Waals surface area contributed by atoms with E-state index < -0.39 is 10.0 Å². The summed E-state index contributed by atoms with van der Waals surface area (Å²) in [6.07, 6.45) is 0. The maximum Gasteiger partial charge on any atom is 0.243 e. The van der Waals surface area contributed by atoms with Gasteiger partial charge in [0.25, 0.3) is 0 Å². The van der Waals surface area contributed by atoms with Gasteiger partial charge in [-0.05, 0) is 74.6 Å². The van der Waals surface area contributed by atoms with Gasteiger partial charge in [-0.3, -0.25) is 4.90 Å². The number of piperazine rings is 1. The smallest absolute Gasteiger partial charge is 0.243 e. The highest BCUT2D eigenvalue weighted by Gasteiger charge is 2.32. The lowest BCUT2D eigenvalue weighted by Gasteiger charge is -2.35. The highest BCUT2D eigenvalue weighted by Crippen LogP contribution is 2.32. The Morgan fingerprint density at radius 3 is 1.72 bits per heavy atom. The van der Waals surface area contributed by atoms with Gasteiger partial charge in [0.1, 0.15) is 0 Å². The van der Waals surface area contributed by atoms with Crippen molar-refractivity contribution >= 4 is 33.2 Å². The number of hydrogen-bond donors (Lipinski definition) is 0. The van der Waals surface area contributed by atoms with Crippen LogP contribution in [0.1, 0.15) is 33.4 Å². The highest BCUT2D eigenvalue weighted by molar-refractivity contribution is 7.89. The van der Waals surface area contributed by atoms with Crippen molar-refractivity contribution in [3.05, 3.63) is 61.6 Å². The van der Waals surface area contributed by atoms with Gasteiger partial charge < -0.3 is 0 Å². The third-order valence-electron chi connectivity index (χ3n) is 6.30. The molecule has 7 heteroatoms. The van der Waals surface area contributed by atoms with Crippen LogP contribution in [0, 0.1) is 34.6 Å². The van der Waals surface area contributed by atoms with Crippen LogP contribution in [-0.4, -0.2) is 43.8 Å². The fourth-order valence-electron chi connectivity index (χ4n) is 4.02. The van der Waals surface area contributed by atoms with Crippen LogP contribution in [0.25, 0.3) is 0 Å². The average Bonchev–Trinajstić information content (AvgIpc) is 2.68. The molecule has 0 saturated carbocycles. The van der Waals surface area contributed by atoms with E-state index in [4.69, 9.17) is 23.2 Å². The molecule has 158 valence electrons. The van der Waals surface area contributed by atoms with Crippen LogP contribution in [-0.2, 0) is 16.6 Å². The SMILES string of the molecule is Cc1c(C)c(C)c(S(=O)(=O)N2CCN(Cc3c(Cl)cccc3Cl)CC2)c(C)c1C. The van der Waals surface area contributed by atoms with E-state index in [1.165, 1.54) is 5.56 Å². The van der Waals surface area contributed by atoms with E-state index >= 15 is 0 Å². The lowest BCUT2D eigenvalue weighted by molar-refractivity contribution is 0.181. The third-order valence-corrected chi connectivity index (χ3v) is 9.19. The predicted molar refractivity (Wildman–Crippen MR) is 121 cm³/mol. The van der Waals surface area contributed by atoms with E-state index in [1.807, 2.05) is 45.9 Å². The van der Waals surface area contributed by atoms with Crippen LogP contribution in [0.5, 0.6) is 0 Å². The van der Waals surface area contributed by atoms with Crippen molar-refractivity contribution in [1.29, 1.82) is 0 Å². The van der Waals surface area contributed by atoms with E-state index in [2.05, 4.69) is 11.8 Å². The number of hydrogen-bond acceptors (Lipinski definition) is 3. The molecule has 0 unspecified atom stereocenters. The number of nitrogens with zero attached hydrogens (tertiary/aromatic N) is 2. The molecule has 0 atom stereocenters. The first-order valence-electron chi connectivity index (χ1n) is 9.78. The summed E-state index contributed by atoms with van der Waals surface area (Å²) in [6.45, 7) is 12.7. The zero-order valence-corrected chi connectivity index (χ0v) is 20.0. The van der Waals surface area contributed by atoms with Crippen molar-refractivity contribution in [2.24, 2.45) is 0 Å². The number of rotatable bonds is 4. The molecule has 1 aliphatic heterocycles. The van der Waals surface area contributed by atoms with Crippen molar-refractivity contribution in [3.63, 3.8) is 0 Å². The Kier molecular flexibility index (Phi) is 6.66. The first kappa shape index (κ1) is 22.6. The van der Waals surface area contributed by atoms with Gasteiger partial charge in [0.05, 0.1) is 4.90 Å². The first-order chi connectivity index (χ1) is 13.6. The zero-order chi connectivity index (χ0) is 21.5. The lowest BCUT2D eigenvalue weighted by Crippen LogP contribution is -2.48. The molecule has 0 radical (unpaired) electrons. The van der Waals surface area contributed by atoms with E-state index in [0.717, 1.165) is 27.8 Å². The fourth-order valence-corrected chi connectivity index (χ4v) is 6.52. The summed E-state index contributed by atoms with van der Waals surface area (Å²) in [6, 6.07) is 5.49. The number of halogens is 2. The monoisotopic (exact) mass is 454 g/mol. The van der Waals surface area contributed by atoms with E-state index in [9.17, 15) is 8.42 Å². The van der Waals surface area contributed by atoms with Crippen molar-refractivity contribution in [2.45, 2.75) is 46.1 Å². The second-order valence-corrected chi connectivity index (χ2v) is 10.5. The highest BCUT2D eigenvalue weighted by atomic mass is 35.5. The molecule has 0 bridgehead atoms. The van der Waals surface area contributed by atoms with Crippen LogP contribution in [0.4, 0.5) is 0 Å². The molecule has 0 aliphatic carbocycles. The van der Waals surface area contributed by atoms with Crippen molar-refractivity contribution in [2.75, 3.05) is 26.2 Å². The van der Waals surface area contributed by atoms with Gasteiger partial charge in [0, 0.05) is 48.3 Å². The summed E-state index contributed by atoms with van der Waals surface area (Å²) in [5, 5.41) is 1.29. The molecular formula is C22H28Cl2N2O2S. The Balaban J connectivity index is 1.81. The van der Waals surface area contributed by atoms with Crippen LogP contribution < -0.4 is 0 Å². The van der Waals surface area contributed by atoms with Gasteiger partial charge >= 0.3 is 0 Å². The van der Waals surface area contributed by atoms with Crippen LogP contribution >= 0.6 is 23.2 Å². The van der Waals surface area contributed by atoms with E-state index in [-0.39, 0.29) is 0 Å². The Hall–Kier alpha value is -1.11. The molecular weight excluding hydrogens is 427 g/mol. The molecule has 3 rings (SSSR count). The molecule has 1 aliphatic rings.